The molecule has 2 aromatic heterocycles. The Morgan fingerprint density at radius 3 is 2.57 bits per heavy atom. The first kappa shape index (κ1) is 18.8. The first-order valence-electron chi connectivity index (χ1n) is 9.54. The van der Waals surface area contributed by atoms with Crippen LogP contribution >= 0.6 is 11.6 Å². The van der Waals surface area contributed by atoms with Crippen LogP contribution in [0.2, 0.25) is 0 Å². The molecule has 3 aromatic rings. The summed E-state index contributed by atoms with van der Waals surface area (Å²) in [5, 5.41) is 0. The monoisotopic (exact) mass is 394 g/mol. The second kappa shape index (κ2) is 7.47. The number of amides is 1. The molecule has 1 aliphatic rings. The zero-order chi connectivity index (χ0) is 19.8. The van der Waals surface area contributed by atoms with Gasteiger partial charge in [0.1, 0.15) is 11.4 Å². The fraction of sp³-hybridized carbons (Fsp3) is 0.364. The fourth-order valence-corrected chi connectivity index (χ4v) is 4.38. The Hall–Kier alpha value is -2.53. The van der Waals surface area contributed by atoms with Crippen molar-refractivity contribution >= 4 is 34.4 Å². The van der Waals surface area contributed by atoms with E-state index in [9.17, 15) is 4.79 Å². The first-order chi connectivity index (χ1) is 13.5. The molecule has 5 nitrogen and oxygen atoms in total. The summed E-state index contributed by atoms with van der Waals surface area (Å²) in [5.41, 5.74) is 9.42. The number of nitrogens with zero attached hydrogens (tertiary/aromatic N) is 4. The van der Waals surface area contributed by atoms with Crippen molar-refractivity contribution in [2.75, 3.05) is 10.8 Å². The van der Waals surface area contributed by atoms with Crippen LogP contribution in [0.3, 0.4) is 0 Å². The fourth-order valence-electron chi connectivity index (χ4n) is 4.24. The second-order valence-electron chi connectivity index (χ2n) is 7.37. The molecule has 0 atom stereocenters. The van der Waals surface area contributed by atoms with Crippen LogP contribution in [-0.4, -0.2) is 26.7 Å². The van der Waals surface area contributed by atoms with Crippen molar-refractivity contribution in [1.29, 1.82) is 0 Å². The molecule has 0 spiro atoms. The number of pyridine rings is 1. The summed E-state index contributed by atoms with van der Waals surface area (Å²) < 4.78 is 0. The average Bonchev–Trinajstić information content (AvgIpc) is 3.22. The largest absolute Gasteiger partial charge is 0.290 e. The van der Waals surface area contributed by atoms with E-state index >= 15 is 0 Å². The Kier molecular flexibility index (Phi) is 5.02. The molecule has 0 unspecified atom stereocenters. The van der Waals surface area contributed by atoms with Crippen LogP contribution in [-0.2, 0) is 24.2 Å². The van der Waals surface area contributed by atoms with Crippen molar-refractivity contribution in [2.45, 2.75) is 46.6 Å². The number of hydrogen-bond donors (Lipinski definition) is 0. The molecule has 1 amide bonds. The first-order valence-corrected chi connectivity index (χ1v) is 10.1. The molecule has 0 saturated carbocycles. The minimum absolute atomic E-state index is 0.102. The van der Waals surface area contributed by atoms with Gasteiger partial charge < -0.3 is 0 Å². The number of hydrogen-bond acceptors (Lipinski definition) is 4. The number of aromatic nitrogens is 3. The van der Waals surface area contributed by atoms with Crippen molar-refractivity contribution < 1.29 is 4.79 Å². The minimum Gasteiger partial charge on any atom is -0.290 e. The summed E-state index contributed by atoms with van der Waals surface area (Å²) in [6.07, 6.45) is 8.44. The van der Waals surface area contributed by atoms with E-state index in [-0.39, 0.29) is 11.8 Å². The lowest BCUT2D eigenvalue weighted by Gasteiger charge is -2.25. The Morgan fingerprint density at radius 2 is 1.82 bits per heavy atom. The quantitative estimate of drug-likeness (QED) is 0.622. The highest BCUT2D eigenvalue weighted by molar-refractivity contribution is 6.29. The topological polar surface area (TPSA) is 59.0 Å². The van der Waals surface area contributed by atoms with Crippen LogP contribution in [0.4, 0.5) is 5.82 Å². The van der Waals surface area contributed by atoms with E-state index < -0.39 is 0 Å². The molecule has 2 heterocycles. The van der Waals surface area contributed by atoms with Gasteiger partial charge in [-0.2, -0.15) is 0 Å². The summed E-state index contributed by atoms with van der Waals surface area (Å²) in [5.74, 6) is 0.216. The van der Waals surface area contributed by atoms with Crippen LogP contribution in [0.5, 0.6) is 0 Å². The normalized spacial score (nSPS) is 13.0. The van der Waals surface area contributed by atoms with Gasteiger partial charge in [-0.15, -0.1) is 11.6 Å². The smallest absolute Gasteiger partial charge is 0.243 e. The average molecular weight is 395 g/mol. The molecule has 0 fully saturated rings. The van der Waals surface area contributed by atoms with Gasteiger partial charge in [0.25, 0.3) is 0 Å². The molecule has 28 heavy (non-hydrogen) atoms. The molecule has 0 saturated heterocycles. The van der Waals surface area contributed by atoms with E-state index in [4.69, 9.17) is 11.6 Å². The summed E-state index contributed by atoms with van der Waals surface area (Å²) in [6.45, 7) is 6.95. The number of rotatable bonds is 4. The molecule has 4 rings (SSSR count). The van der Waals surface area contributed by atoms with E-state index in [1.165, 1.54) is 39.8 Å². The Bertz CT molecular complexity index is 1080. The second-order valence-corrected chi connectivity index (χ2v) is 7.64. The van der Waals surface area contributed by atoms with Gasteiger partial charge in [0.2, 0.25) is 5.91 Å². The number of carbonyl (C=O) groups is 1. The van der Waals surface area contributed by atoms with Gasteiger partial charge in [-0.25, -0.2) is 4.98 Å². The number of anilines is 1. The van der Waals surface area contributed by atoms with Crippen molar-refractivity contribution in [1.82, 2.24) is 15.0 Å². The predicted octanol–water partition coefficient (Wildman–Crippen LogP) is 4.21. The zero-order valence-electron chi connectivity index (χ0n) is 16.4. The van der Waals surface area contributed by atoms with Crippen molar-refractivity contribution in [3.8, 4) is 0 Å². The van der Waals surface area contributed by atoms with Gasteiger partial charge in [0, 0.05) is 6.20 Å². The van der Waals surface area contributed by atoms with Gasteiger partial charge in [-0.3, -0.25) is 19.7 Å². The molecule has 144 valence electrons. The zero-order valence-corrected chi connectivity index (χ0v) is 17.2. The van der Waals surface area contributed by atoms with E-state index in [1.807, 2.05) is 0 Å². The van der Waals surface area contributed by atoms with Crippen molar-refractivity contribution in [2.24, 2.45) is 0 Å². The van der Waals surface area contributed by atoms with Gasteiger partial charge in [-0.05, 0) is 79.5 Å². The predicted molar refractivity (Wildman–Crippen MR) is 112 cm³/mol. The highest BCUT2D eigenvalue weighted by Crippen LogP contribution is 2.34. The molecule has 0 N–H and O–H groups in total. The Balaban J connectivity index is 1.80. The van der Waals surface area contributed by atoms with Crippen LogP contribution in [0, 0.1) is 20.8 Å². The molecule has 0 aliphatic heterocycles. The number of carbonyl (C=O) groups excluding carboxylic acids is 1. The lowest BCUT2D eigenvalue weighted by atomic mass is 9.89. The maximum Gasteiger partial charge on any atom is 0.243 e. The van der Waals surface area contributed by atoms with Crippen LogP contribution in [0.15, 0.2) is 24.7 Å². The standard InChI is InChI=1S/C22H23ClN4O/c1-13-14(2)18(15(3)17-6-4-5-16(13)17)12-27(22(28)9-23)21-11-25-19-7-8-24-10-20(19)26-21/h7-8,10-11H,4-6,9,12H2,1-3H3. The number of alkyl halides is 1. The van der Waals surface area contributed by atoms with E-state index in [0.29, 0.717) is 17.9 Å². The lowest BCUT2D eigenvalue weighted by Crippen LogP contribution is -2.33. The Labute approximate surface area is 169 Å². The van der Waals surface area contributed by atoms with Crippen molar-refractivity contribution in [3.05, 3.63) is 58.0 Å². The molecule has 6 heteroatoms. The molecule has 1 aromatic carbocycles. The third kappa shape index (κ3) is 3.14. The number of fused-ring (bicyclic) bond motifs is 2. The van der Waals surface area contributed by atoms with E-state index in [2.05, 4.69) is 35.7 Å². The summed E-state index contributed by atoms with van der Waals surface area (Å²) in [7, 11) is 0. The highest BCUT2D eigenvalue weighted by Gasteiger charge is 2.24. The summed E-state index contributed by atoms with van der Waals surface area (Å²) >= 11 is 5.93. The van der Waals surface area contributed by atoms with E-state index in [0.717, 1.165) is 18.4 Å². The molecular weight excluding hydrogens is 372 g/mol. The lowest BCUT2D eigenvalue weighted by molar-refractivity contribution is -0.116. The maximum absolute atomic E-state index is 12.7. The van der Waals surface area contributed by atoms with Crippen LogP contribution < -0.4 is 4.90 Å². The van der Waals surface area contributed by atoms with Gasteiger partial charge >= 0.3 is 0 Å². The van der Waals surface area contributed by atoms with Crippen molar-refractivity contribution in [3.63, 3.8) is 0 Å². The third-order valence-electron chi connectivity index (χ3n) is 5.93. The van der Waals surface area contributed by atoms with Crippen LogP contribution in [0.25, 0.3) is 11.0 Å². The molecule has 0 radical (unpaired) electrons. The van der Waals surface area contributed by atoms with Gasteiger partial charge in [-0.1, -0.05) is 0 Å². The van der Waals surface area contributed by atoms with Gasteiger partial charge in [0.05, 0.1) is 24.5 Å². The molecule has 1 aliphatic carbocycles. The summed E-state index contributed by atoms with van der Waals surface area (Å²) in [4.78, 5) is 27.5. The maximum atomic E-state index is 12.7. The van der Waals surface area contributed by atoms with Gasteiger partial charge in [0.15, 0.2) is 5.82 Å². The third-order valence-corrected chi connectivity index (χ3v) is 6.16. The highest BCUT2D eigenvalue weighted by atomic mass is 35.5. The number of halogens is 1. The van der Waals surface area contributed by atoms with E-state index in [1.54, 1.807) is 29.6 Å². The summed E-state index contributed by atoms with van der Waals surface area (Å²) in [6, 6.07) is 1.80. The number of benzene rings is 1. The van der Waals surface area contributed by atoms with Crippen LogP contribution in [0.1, 0.15) is 39.8 Å². The minimum atomic E-state index is -0.184. The molecule has 0 bridgehead atoms. The molecular formula is C22H23ClN4O. The Morgan fingerprint density at radius 1 is 1.07 bits per heavy atom. The SMILES string of the molecule is Cc1c(C)c2c(c(C)c1CN(C(=O)CCl)c1cnc3ccncc3n1)CCC2.